The maximum absolute atomic E-state index is 13.1. The largest absolute Gasteiger partial charge is 0.487 e. The minimum atomic E-state index is -0.326. The van der Waals surface area contributed by atoms with Crippen LogP contribution in [0.2, 0.25) is 0 Å². The van der Waals surface area contributed by atoms with E-state index in [4.69, 9.17) is 4.74 Å². The molecule has 0 aromatic heterocycles. The topological polar surface area (TPSA) is 50.7 Å². The first kappa shape index (κ1) is 22.3. The van der Waals surface area contributed by atoms with Crippen molar-refractivity contribution in [1.29, 1.82) is 0 Å². The van der Waals surface area contributed by atoms with Crippen molar-refractivity contribution in [3.8, 4) is 5.75 Å². The van der Waals surface area contributed by atoms with E-state index in [1.807, 2.05) is 48.5 Å². The Morgan fingerprint density at radius 1 is 1.03 bits per heavy atom. The van der Waals surface area contributed by atoms with Crippen molar-refractivity contribution in [2.45, 2.75) is 6.61 Å². The van der Waals surface area contributed by atoms with Crippen molar-refractivity contribution in [3.63, 3.8) is 0 Å². The second-order valence-corrected chi connectivity index (χ2v) is 9.90. The van der Waals surface area contributed by atoms with Gasteiger partial charge in [0.1, 0.15) is 18.2 Å². The third kappa shape index (κ3) is 5.86. The van der Waals surface area contributed by atoms with Gasteiger partial charge in [-0.3, -0.25) is 4.79 Å². The number of amidine groups is 1. The van der Waals surface area contributed by atoms with Crippen molar-refractivity contribution in [2.24, 2.45) is 4.99 Å². The van der Waals surface area contributed by atoms with Crippen LogP contribution in [0.1, 0.15) is 11.1 Å². The van der Waals surface area contributed by atoms with E-state index in [2.05, 4.69) is 55.5 Å². The molecule has 0 aliphatic carbocycles. The van der Waals surface area contributed by atoms with Gasteiger partial charge >= 0.3 is 0 Å². The number of carbonyl (C=O) groups is 1. The van der Waals surface area contributed by atoms with Crippen molar-refractivity contribution in [3.05, 3.63) is 95.7 Å². The Bertz CT molecular complexity index is 1160. The standard InChI is InChI=1S/C23H15FI2N2O2S/c24-16-6-8-17(9-7-16)27-23-28-22(29)20(31-23)12-15-10-18(25)21(19(26)11-15)30-13-14-4-2-1-3-5-14/h1-12H,13H2,(H,27,28,29)/b20-12-. The Labute approximate surface area is 210 Å². The van der Waals surface area contributed by atoms with Crippen molar-refractivity contribution in [2.75, 3.05) is 0 Å². The molecule has 0 radical (unpaired) electrons. The molecule has 0 spiro atoms. The van der Waals surface area contributed by atoms with Gasteiger partial charge in [-0.2, -0.15) is 0 Å². The third-order valence-corrected chi connectivity index (χ3v) is 6.76. The van der Waals surface area contributed by atoms with Crippen LogP contribution in [0.4, 0.5) is 10.1 Å². The summed E-state index contributed by atoms with van der Waals surface area (Å²) in [5.41, 5.74) is 2.59. The smallest absolute Gasteiger partial charge is 0.264 e. The molecular weight excluding hydrogens is 641 g/mol. The molecule has 3 aromatic carbocycles. The average Bonchev–Trinajstić information content (AvgIpc) is 3.08. The van der Waals surface area contributed by atoms with Gasteiger partial charge in [0.2, 0.25) is 0 Å². The summed E-state index contributed by atoms with van der Waals surface area (Å²) in [4.78, 5) is 17.3. The van der Waals surface area contributed by atoms with Crippen molar-refractivity contribution in [1.82, 2.24) is 5.32 Å². The number of aliphatic imine (C=N–C) groups is 1. The second kappa shape index (κ2) is 10.1. The number of rotatable bonds is 5. The summed E-state index contributed by atoms with van der Waals surface area (Å²) in [6, 6.07) is 19.8. The molecule has 1 N–H and O–H groups in total. The highest BCUT2D eigenvalue weighted by Gasteiger charge is 2.24. The van der Waals surface area contributed by atoms with E-state index in [-0.39, 0.29) is 11.7 Å². The van der Waals surface area contributed by atoms with Gasteiger partial charge in [0.05, 0.1) is 17.7 Å². The molecule has 1 saturated heterocycles. The van der Waals surface area contributed by atoms with Gasteiger partial charge in [-0.15, -0.1) is 0 Å². The zero-order chi connectivity index (χ0) is 21.8. The molecule has 1 fully saturated rings. The van der Waals surface area contributed by atoms with Crippen molar-refractivity contribution < 1.29 is 13.9 Å². The maximum Gasteiger partial charge on any atom is 0.264 e. The fourth-order valence-electron chi connectivity index (χ4n) is 2.80. The highest BCUT2D eigenvalue weighted by molar-refractivity contribution is 14.1. The van der Waals surface area contributed by atoms with E-state index in [0.717, 1.165) is 24.0 Å². The van der Waals surface area contributed by atoms with Gasteiger partial charge in [0.25, 0.3) is 5.91 Å². The molecule has 1 aliphatic heterocycles. The lowest BCUT2D eigenvalue weighted by molar-refractivity contribution is -0.115. The number of benzene rings is 3. The highest BCUT2D eigenvalue weighted by atomic mass is 127. The molecule has 4 rings (SSSR count). The molecule has 4 nitrogen and oxygen atoms in total. The van der Waals surface area contributed by atoms with E-state index >= 15 is 0 Å². The van der Waals surface area contributed by atoms with Crippen LogP contribution in [-0.4, -0.2) is 11.1 Å². The van der Waals surface area contributed by atoms with Crippen molar-refractivity contribution >= 4 is 79.8 Å². The Morgan fingerprint density at radius 3 is 2.39 bits per heavy atom. The number of ether oxygens (including phenoxy) is 1. The van der Waals surface area contributed by atoms with Gasteiger partial charge in [0.15, 0.2) is 5.17 Å². The molecule has 31 heavy (non-hydrogen) atoms. The summed E-state index contributed by atoms with van der Waals surface area (Å²) in [5, 5.41) is 3.22. The summed E-state index contributed by atoms with van der Waals surface area (Å²) in [7, 11) is 0. The van der Waals surface area contributed by atoms with Crippen LogP contribution in [0.3, 0.4) is 0 Å². The molecule has 0 bridgehead atoms. The predicted octanol–water partition coefficient (Wildman–Crippen LogP) is 6.51. The number of nitrogens with zero attached hydrogens (tertiary/aromatic N) is 1. The van der Waals surface area contributed by atoms with Crippen LogP contribution in [0, 0.1) is 13.0 Å². The van der Waals surface area contributed by atoms with Gasteiger partial charge in [0, 0.05) is 0 Å². The quantitative estimate of drug-likeness (QED) is 0.252. The van der Waals surface area contributed by atoms with E-state index in [9.17, 15) is 9.18 Å². The zero-order valence-electron chi connectivity index (χ0n) is 15.9. The predicted molar refractivity (Wildman–Crippen MR) is 140 cm³/mol. The minimum Gasteiger partial charge on any atom is -0.487 e. The molecule has 3 aromatic rings. The third-order valence-electron chi connectivity index (χ3n) is 4.25. The average molecular weight is 656 g/mol. The molecular formula is C23H15FI2N2O2S. The highest BCUT2D eigenvalue weighted by Crippen LogP contribution is 2.33. The summed E-state index contributed by atoms with van der Waals surface area (Å²) >= 11 is 5.75. The Morgan fingerprint density at radius 2 is 1.71 bits per heavy atom. The van der Waals surface area contributed by atoms with Crippen LogP contribution in [0.5, 0.6) is 5.75 Å². The fraction of sp³-hybridized carbons (Fsp3) is 0.0435. The first-order chi connectivity index (χ1) is 15.0. The number of hydrogen-bond acceptors (Lipinski definition) is 4. The lowest BCUT2D eigenvalue weighted by Crippen LogP contribution is -2.19. The summed E-state index contributed by atoms with van der Waals surface area (Å²) in [6.45, 7) is 0.495. The van der Waals surface area contributed by atoms with Gasteiger partial charge in [-0.25, -0.2) is 9.38 Å². The van der Waals surface area contributed by atoms with Gasteiger partial charge in [-0.1, -0.05) is 30.3 Å². The minimum absolute atomic E-state index is 0.208. The summed E-state index contributed by atoms with van der Waals surface area (Å²) in [6.07, 6.45) is 1.83. The van der Waals surface area contributed by atoms with Crippen LogP contribution in [0.15, 0.2) is 76.6 Å². The SMILES string of the molecule is O=C1NC(=Nc2ccc(F)cc2)S/C1=C\c1cc(I)c(OCc2ccccc2)c(I)c1. The maximum atomic E-state index is 13.1. The van der Waals surface area contributed by atoms with E-state index in [0.29, 0.717) is 22.4 Å². The first-order valence-corrected chi connectivity index (χ1v) is 12.2. The Hall–Kier alpha value is -1.92. The van der Waals surface area contributed by atoms with E-state index < -0.39 is 0 Å². The van der Waals surface area contributed by atoms with E-state index in [1.165, 1.54) is 23.9 Å². The molecule has 0 unspecified atom stereocenters. The number of amides is 1. The van der Waals surface area contributed by atoms with Crippen LogP contribution in [0.25, 0.3) is 6.08 Å². The molecule has 0 atom stereocenters. The Balaban J connectivity index is 1.50. The van der Waals surface area contributed by atoms with Crippen LogP contribution >= 0.6 is 56.9 Å². The van der Waals surface area contributed by atoms with Crippen LogP contribution < -0.4 is 10.1 Å². The molecule has 1 amide bonds. The monoisotopic (exact) mass is 656 g/mol. The lowest BCUT2D eigenvalue weighted by atomic mass is 10.2. The molecule has 1 aliphatic rings. The first-order valence-electron chi connectivity index (χ1n) is 9.19. The number of thioether (sulfide) groups is 1. The molecule has 156 valence electrons. The number of nitrogens with one attached hydrogen (secondary N) is 1. The van der Waals surface area contributed by atoms with E-state index in [1.54, 1.807) is 12.1 Å². The Kier molecular flexibility index (Phi) is 7.28. The number of hydrogen-bond donors (Lipinski definition) is 1. The number of carbonyl (C=O) groups excluding carboxylic acids is 1. The normalized spacial score (nSPS) is 16.0. The summed E-state index contributed by atoms with van der Waals surface area (Å²) < 4.78 is 21.0. The fourth-order valence-corrected chi connectivity index (χ4v) is 5.76. The van der Waals surface area contributed by atoms with Gasteiger partial charge < -0.3 is 10.1 Å². The summed E-state index contributed by atoms with van der Waals surface area (Å²) in [5.74, 6) is 0.294. The molecule has 8 heteroatoms. The van der Waals surface area contributed by atoms with Crippen LogP contribution in [-0.2, 0) is 11.4 Å². The lowest BCUT2D eigenvalue weighted by Gasteiger charge is -2.11. The second-order valence-electron chi connectivity index (χ2n) is 6.55. The number of halogens is 3. The molecule has 0 saturated carbocycles. The molecule has 1 heterocycles. The zero-order valence-corrected chi connectivity index (χ0v) is 21.1. The van der Waals surface area contributed by atoms with Gasteiger partial charge in [-0.05, 0) is 111 Å².